The molecule has 2 N–H and O–H groups in total. The van der Waals surface area contributed by atoms with E-state index in [-0.39, 0.29) is 23.0 Å². The van der Waals surface area contributed by atoms with Crippen molar-refractivity contribution in [3.05, 3.63) is 90.3 Å². The Morgan fingerprint density at radius 2 is 1.66 bits per heavy atom. The van der Waals surface area contributed by atoms with Gasteiger partial charge in [0.15, 0.2) is 11.0 Å². The molecular formula is C26H26N6O2S. The molecule has 0 bridgehead atoms. The Balaban J connectivity index is 1.41. The van der Waals surface area contributed by atoms with E-state index in [0.29, 0.717) is 16.5 Å². The van der Waals surface area contributed by atoms with Gasteiger partial charge in [-0.1, -0.05) is 62.9 Å². The number of nitrogens with one attached hydrogen (secondary N) is 2. The largest absolute Gasteiger partial charge is 0.272 e. The van der Waals surface area contributed by atoms with E-state index < -0.39 is 0 Å². The van der Waals surface area contributed by atoms with Crippen LogP contribution >= 0.6 is 11.8 Å². The Morgan fingerprint density at radius 1 is 0.914 bits per heavy atom. The number of hydrogen-bond donors (Lipinski definition) is 2. The number of hydrazine groups is 1. The average molecular weight is 487 g/mol. The van der Waals surface area contributed by atoms with E-state index in [1.54, 1.807) is 24.5 Å². The lowest BCUT2D eigenvalue weighted by molar-refractivity contribution is -0.119. The number of hydrogen-bond acceptors (Lipinski definition) is 6. The average Bonchev–Trinajstić information content (AvgIpc) is 3.30. The zero-order valence-corrected chi connectivity index (χ0v) is 20.5. The summed E-state index contributed by atoms with van der Waals surface area (Å²) >= 11 is 1.22. The minimum absolute atomic E-state index is 0.00234. The Hall–Kier alpha value is -3.98. The van der Waals surface area contributed by atoms with Crippen LogP contribution in [0.3, 0.4) is 0 Å². The molecule has 2 heterocycles. The zero-order chi connectivity index (χ0) is 24.8. The lowest BCUT2D eigenvalue weighted by Crippen LogP contribution is -2.42. The highest BCUT2D eigenvalue weighted by molar-refractivity contribution is 7.99. The normalized spacial score (nSPS) is 11.2. The van der Waals surface area contributed by atoms with Crippen LogP contribution in [0.2, 0.25) is 0 Å². The molecule has 178 valence electrons. The van der Waals surface area contributed by atoms with Gasteiger partial charge in [-0.15, -0.1) is 10.2 Å². The topological polar surface area (TPSA) is 102 Å². The fraction of sp³-hybridized carbons (Fsp3) is 0.192. The summed E-state index contributed by atoms with van der Waals surface area (Å²) in [5.74, 6) is -0.0733. The van der Waals surface area contributed by atoms with Gasteiger partial charge in [-0.3, -0.25) is 30.0 Å². The van der Waals surface area contributed by atoms with Crippen molar-refractivity contribution in [2.45, 2.75) is 31.3 Å². The number of carbonyl (C=O) groups excluding carboxylic acids is 2. The SMILES string of the molecule is CC(C)(C)c1ccc(C(=O)NNC(=O)CSc2nnc(-c3cccnc3)n2-c2ccccc2)cc1. The van der Waals surface area contributed by atoms with Crippen LogP contribution in [0.4, 0.5) is 0 Å². The molecule has 0 aliphatic carbocycles. The summed E-state index contributed by atoms with van der Waals surface area (Å²) in [7, 11) is 0. The molecule has 0 aliphatic rings. The summed E-state index contributed by atoms with van der Waals surface area (Å²) in [5, 5.41) is 9.17. The van der Waals surface area contributed by atoms with Crippen LogP contribution < -0.4 is 10.9 Å². The second-order valence-corrected chi connectivity index (χ2v) is 9.78. The molecular weight excluding hydrogens is 460 g/mol. The molecule has 8 nitrogen and oxygen atoms in total. The molecule has 0 atom stereocenters. The molecule has 4 rings (SSSR count). The van der Waals surface area contributed by atoms with E-state index in [2.05, 4.69) is 46.8 Å². The second-order valence-electron chi connectivity index (χ2n) is 8.84. The van der Waals surface area contributed by atoms with Gasteiger partial charge in [0.1, 0.15) is 0 Å². The quantitative estimate of drug-likeness (QED) is 0.313. The second kappa shape index (κ2) is 10.5. The third-order valence-electron chi connectivity index (χ3n) is 5.23. The van der Waals surface area contributed by atoms with Crippen LogP contribution in [-0.2, 0) is 10.2 Å². The number of carbonyl (C=O) groups is 2. The smallest absolute Gasteiger partial charge is 0.269 e. The molecule has 9 heteroatoms. The molecule has 4 aromatic rings. The number of benzene rings is 2. The maximum atomic E-state index is 12.4. The van der Waals surface area contributed by atoms with E-state index in [1.807, 2.05) is 59.2 Å². The zero-order valence-electron chi connectivity index (χ0n) is 19.7. The maximum absolute atomic E-state index is 12.4. The minimum Gasteiger partial charge on any atom is -0.272 e. The molecule has 35 heavy (non-hydrogen) atoms. The first-order valence-corrected chi connectivity index (χ1v) is 12.1. The molecule has 2 aromatic heterocycles. The number of para-hydroxylation sites is 1. The molecule has 2 amide bonds. The van der Waals surface area contributed by atoms with Crippen LogP contribution in [-0.4, -0.2) is 37.3 Å². The summed E-state index contributed by atoms with van der Waals surface area (Å²) in [5.41, 5.74) is 8.21. The predicted octanol–water partition coefficient (Wildman–Crippen LogP) is 4.18. The lowest BCUT2D eigenvalue weighted by Gasteiger charge is -2.19. The van der Waals surface area contributed by atoms with Crippen LogP contribution in [0.15, 0.2) is 84.3 Å². The summed E-state index contributed by atoms with van der Waals surface area (Å²) in [6, 6.07) is 20.7. The summed E-state index contributed by atoms with van der Waals surface area (Å²) in [6.45, 7) is 6.33. The van der Waals surface area contributed by atoms with Crippen molar-refractivity contribution in [1.29, 1.82) is 0 Å². The molecule has 0 radical (unpaired) electrons. The van der Waals surface area contributed by atoms with Gasteiger partial charge < -0.3 is 0 Å². The number of thioether (sulfide) groups is 1. The van der Waals surface area contributed by atoms with Gasteiger partial charge in [-0.2, -0.15) is 0 Å². The lowest BCUT2D eigenvalue weighted by atomic mass is 9.87. The molecule has 0 unspecified atom stereocenters. The molecule has 0 aliphatic heterocycles. The highest BCUT2D eigenvalue weighted by Crippen LogP contribution is 2.27. The van der Waals surface area contributed by atoms with Gasteiger partial charge >= 0.3 is 0 Å². The van der Waals surface area contributed by atoms with E-state index in [0.717, 1.165) is 16.8 Å². The van der Waals surface area contributed by atoms with Crippen LogP contribution in [0.25, 0.3) is 17.1 Å². The number of aromatic nitrogens is 4. The minimum atomic E-state index is -0.380. The van der Waals surface area contributed by atoms with Gasteiger partial charge in [0, 0.05) is 29.2 Å². The Morgan fingerprint density at radius 3 is 2.31 bits per heavy atom. The number of rotatable bonds is 6. The highest BCUT2D eigenvalue weighted by atomic mass is 32.2. The van der Waals surface area contributed by atoms with Gasteiger partial charge in [0.2, 0.25) is 5.91 Å². The molecule has 0 saturated heterocycles. The maximum Gasteiger partial charge on any atom is 0.269 e. The molecule has 0 saturated carbocycles. The Kier molecular flexibility index (Phi) is 7.26. The fourth-order valence-corrected chi connectivity index (χ4v) is 4.09. The summed E-state index contributed by atoms with van der Waals surface area (Å²) < 4.78 is 1.88. The van der Waals surface area contributed by atoms with Crippen LogP contribution in [0, 0.1) is 0 Å². The van der Waals surface area contributed by atoms with Crippen LogP contribution in [0.1, 0.15) is 36.7 Å². The van der Waals surface area contributed by atoms with Crippen molar-refractivity contribution in [2.24, 2.45) is 0 Å². The van der Waals surface area contributed by atoms with E-state index in [1.165, 1.54) is 11.8 Å². The molecule has 2 aromatic carbocycles. The standard InChI is InChI=1S/C26H26N6O2S/c1-26(2,3)20-13-11-18(12-14-20)24(34)30-28-22(33)17-35-25-31-29-23(19-8-7-15-27-16-19)32(25)21-9-5-4-6-10-21/h4-16H,17H2,1-3H3,(H,28,33)(H,30,34). The van der Waals surface area contributed by atoms with Crippen molar-refractivity contribution >= 4 is 23.6 Å². The van der Waals surface area contributed by atoms with E-state index in [4.69, 9.17) is 0 Å². The first kappa shape index (κ1) is 24.2. The predicted molar refractivity (Wildman–Crippen MR) is 136 cm³/mol. The van der Waals surface area contributed by atoms with Crippen LogP contribution in [0.5, 0.6) is 0 Å². The summed E-state index contributed by atoms with van der Waals surface area (Å²) in [4.78, 5) is 29.0. The van der Waals surface area contributed by atoms with E-state index >= 15 is 0 Å². The third-order valence-corrected chi connectivity index (χ3v) is 6.16. The fourth-order valence-electron chi connectivity index (χ4n) is 3.34. The van der Waals surface area contributed by atoms with Crippen molar-refractivity contribution in [1.82, 2.24) is 30.6 Å². The highest BCUT2D eigenvalue weighted by Gasteiger charge is 2.18. The van der Waals surface area contributed by atoms with Crippen molar-refractivity contribution < 1.29 is 9.59 Å². The Labute approximate surface area is 208 Å². The van der Waals surface area contributed by atoms with Gasteiger partial charge in [0.25, 0.3) is 5.91 Å². The number of pyridine rings is 1. The van der Waals surface area contributed by atoms with Crippen molar-refractivity contribution in [2.75, 3.05) is 5.75 Å². The first-order valence-electron chi connectivity index (χ1n) is 11.1. The Bertz CT molecular complexity index is 1300. The number of amides is 2. The monoisotopic (exact) mass is 486 g/mol. The third kappa shape index (κ3) is 5.93. The van der Waals surface area contributed by atoms with Crippen molar-refractivity contribution in [3.63, 3.8) is 0 Å². The van der Waals surface area contributed by atoms with Gasteiger partial charge in [-0.25, -0.2) is 0 Å². The van der Waals surface area contributed by atoms with Gasteiger partial charge in [0.05, 0.1) is 5.75 Å². The van der Waals surface area contributed by atoms with Crippen molar-refractivity contribution in [3.8, 4) is 17.1 Å². The molecule has 0 fully saturated rings. The first-order chi connectivity index (χ1) is 16.8. The summed E-state index contributed by atoms with van der Waals surface area (Å²) in [6.07, 6.45) is 3.41. The molecule has 0 spiro atoms. The van der Waals surface area contributed by atoms with Gasteiger partial charge in [-0.05, 0) is 47.4 Å². The number of nitrogens with zero attached hydrogens (tertiary/aromatic N) is 4. The van der Waals surface area contributed by atoms with E-state index in [9.17, 15) is 9.59 Å².